The molecule has 0 aromatic rings. The smallest absolute Gasteiger partial charge is 0.304 e. The van der Waals surface area contributed by atoms with Crippen LogP contribution in [0.5, 0.6) is 0 Å². The standard InChI is InChI=1S/C7H14N2O4/c1-6(2)8-9(11)4-12-5-13-7(3)10/h6H,4-5H2,1-3H3. The Hall–Kier alpha value is -1.17. The average Bonchev–Trinajstić information content (AvgIpc) is 1.96. The first-order valence-electron chi connectivity index (χ1n) is 3.89. The molecule has 0 saturated heterocycles. The summed E-state index contributed by atoms with van der Waals surface area (Å²) in [5.74, 6) is -0.446. The molecule has 0 radical (unpaired) electrons. The van der Waals surface area contributed by atoms with Crippen LogP contribution in [0.2, 0.25) is 0 Å². The van der Waals surface area contributed by atoms with Crippen LogP contribution < -0.4 is 0 Å². The van der Waals surface area contributed by atoms with Crippen LogP contribution in [0.15, 0.2) is 5.11 Å². The molecular formula is C7H14N2O4. The van der Waals surface area contributed by atoms with Gasteiger partial charge in [-0.3, -0.25) is 9.53 Å². The number of esters is 1. The molecule has 0 aliphatic rings. The van der Waals surface area contributed by atoms with Crippen molar-refractivity contribution >= 4 is 5.97 Å². The molecule has 0 aliphatic heterocycles. The fourth-order valence-electron chi connectivity index (χ4n) is 0.531. The van der Waals surface area contributed by atoms with Gasteiger partial charge in [0.1, 0.15) is 6.04 Å². The second kappa shape index (κ2) is 6.36. The highest BCUT2D eigenvalue weighted by atomic mass is 16.7. The number of azo groups is 1. The third-order valence-electron chi connectivity index (χ3n) is 0.907. The molecule has 76 valence electrons. The molecule has 13 heavy (non-hydrogen) atoms. The second-order valence-corrected chi connectivity index (χ2v) is 2.65. The van der Waals surface area contributed by atoms with Crippen LogP contribution in [0.3, 0.4) is 0 Å². The summed E-state index contributed by atoms with van der Waals surface area (Å²) in [6, 6.07) is -0.0742. The summed E-state index contributed by atoms with van der Waals surface area (Å²) in [6.45, 7) is 4.36. The van der Waals surface area contributed by atoms with Crippen molar-refractivity contribution in [3.63, 3.8) is 0 Å². The van der Waals surface area contributed by atoms with Crippen LogP contribution in [-0.4, -0.2) is 30.4 Å². The van der Waals surface area contributed by atoms with Gasteiger partial charge in [-0.1, -0.05) is 4.86 Å². The molecule has 6 heteroatoms. The third-order valence-corrected chi connectivity index (χ3v) is 0.907. The van der Waals surface area contributed by atoms with E-state index in [1.165, 1.54) is 6.92 Å². The predicted octanol–water partition coefficient (Wildman–Crippen LogP) is 0.852. The highest BCUT2D eigenvalue weighted by Gasteiger charge is 1.99. The molecule has 0 N–H and O–H groups in total. The van der Waals surface area contributed by atoms with Gasteiger partial charge in [-0.05, 0) is 19.0 Å². The Balaban J connectivity index is 3.48. The zero-order valence-electron chi connectivity index (χ0n) is 8.02. The van der Waals surface area contributed by atoms with Gasteiger partial charge in [0, 0.05) is 6.92 Å². The Labute approximate surface area is 76.7 Å². The molecule has 0 bridgehead atoms. The summed E-state index contributed by atoms with van der Waals surface area (Å²) in [5, 5.41) is 14.4. The first-order chi connectivity index (χ1) is 6.02. The summed E-state index contributed by atoms with van der Waals surface area (Å²) in [4.78, 5) is 10.7. The van der Waals surface area contributed by atoms with Crippen LogP contribution in [0.4, 0.5) is 0 Å². The number of carbonyl (C=O) groups is 1. The van der Waals surface area contributed by atoms with Gasteiger partial charge in [0.15, 0.2) is 6.79 Å². The molecule has 0 saturated carbocycles. The van der Waals surface area contributed by atoms with Crippen molar-refractivity contribution in [2.24, 2.45) is 5.11 Å². The van der Waals surface area contributed by atoms with Crippen molar-refractivity contribution in [3.05, 3.63) is 5.21 Å². The van der Waals surface area contributed by atoms with Crippen LogP contribution in [0, 0.1) is 5.21 Å². The normalized spacial score (nSPS) is 11.8. The van der Waals surface area contributed by atoms with Gasteiger partial charge in [-0.25, -0.2) is 0 Å². The van der Waals surface area contributed by atoms with E-state index in [9.17, 15) is 10.0 Å². The molecule has 6 nitrogen and oxygen atoms in total. The molecule has 0 aliphatic carbocycles. The van der Waals surface area contributed by atoms with Gasteiger partial charge in [0.2, 0.25) is 0 Å². The van der Waals surface area contributed by atoms with E-state index in [4.69, 9.17) is 0 Å². The SMILES string of the molecule is CC(=O)OCOC[N+]([O-])=NC(C)C. The Kier molecular flexibility index (Phi) is 5.79. The van der Waals surface area contributed by atoms with E-state index in [0.29, 0.717) is 4.86 Å². The van der Waals surface area contributed by atoms with E-state index >= 15 is 0 Å². The Morgan fingerprint density at radius 3 is 2.69 bits per heavy atom. The minimum absolute atomic E-state index is 0.0742. The molecule has 0 unspecified atom stereocenters. The highest BCUT2D eigenvalue weighted by Crippen LogP contribution is 1.88. The minimum Gasteiger partial charge on any atom is -0.598 e. The lowest BCUT2D eigenvalue weighted by Crippen LogP contribution is -2.13. The maximum Gasteiger partial charge on any atom is 0.304 e. The summed E-state index contributed by atoms with van der Waals surface area (Å²) in [7, 11) is 0. The molecule has 0 atom stereocenters. The van der Waals surface area contributed by atoms with E-state index < -0.39 is 5.97 Å². The Morgan fingerprint density at radius 2 is 2.23 bits per heavy atom. The Bertz CT molecular complexity index is 191. The average molecular weight is 190 g/mol. The first-order valence-corrected chi connectivity index (χ1v) is 3.89. The van der Waals surface area contributed by atoms with Gasteiger partial charge in [0.25, 0.3) is 6.73 Å². The van der Waals surface area contributed by atoms with Crippen molar-refractivity contribution in [3.8, 4) is 0 Å². The number of carbonyl (C=O) groups excluding carboxylic acids is 1. The second-order valence-electron chi connectivity index (χ2n) is 2.65. The van der Waals surface area contributed by atoms with E-state index in [0.717, 1.165) is 0 Å². The lowest BCUT2D eigenvalue weighted by molar-refractivity contribution is -0.575. The van der Waals surface area contributed by atoms with Gasteiger partial charge < -0.3 is 9.94 Å². The van der Waals surface area contributed by atoms with Gasteiger partial charge >= 0.3 is 5.97 Å². The zero-order valence-corrected chi connectivity index (χ0v) is 8.02. The van der Waals surface area contributed by atoms with Crippen LogP contribution >= 0.6 is 0 Å². The maximum atomic E-state index is 10.8. The number of hydroxylamine groups is 1. The minimum atomic E-state index is -0.446. The maximum absolute atomic E-state index is 10.8. The highest BCUT2D eigenvalue weighted by molar-refractivity contribution is 5.65. The van der Waals surface area contributed by atoms with E-state index in [1.807, 2.05) is 0 Å². The van der Waals surface area contributed by atoms with Gasteiger partial charge in [-0.15, -0.1) is 0 Å². The quantitative estimate of drug-likeness (QED) is 0.161. The molecule has 0 rings (SSSR count). The van der Waals surface area contributed by atoms with Crippen molar-refractivity contribution < 1.29 is 19.1 Å². The van der Waals surface area contributed by atoms with E-state index in [-0.39, 0.29) is 19.6 Å². The summed E-state index contributed by atoms with van der Waals surface area (Å²) in [6.07, 6.45) is 0. The fraction of sp³-hybridized carbons (Fsp3) is 0.857. The summed E-state index contributed by atoms with van der Waals surface area (Å²) >= 11 is 0. The molecule has 0 spiro atoms. The Morgan fingerprint density at radius 1 is 1.62 bits per heavy atom. The number of hydrogen-bond donors (Lipinski definition) is 0. The largest absolute Gasteiger partial charge is 0.598 e. The third kappa shape index (κ3) is 8.74. The fourth-order valence-corrected chi connectivity index (χ4v) is 0.531. The van der Waals surface area contributed by atoms with Crippen molar-refractivity contribution in [1.82, 2.24) is 0 Å². The molecule has 0 amide bonds. The number of nitrogens with zero attached hydrogens (tertiary/aromatic N) is 2. The van der Waals surface area contributed by atoms with Gasteiger partial charge in [0.05, 0.1) is 0 Å². The van der Waals surface area contributed by atoms with Crippen molar-refractivity contribution in [1.29, 1.82) is 0 Å². The van der Waals surface area contributed by atoms with Gasteiger partial charge in [-0.2, -0.15) is 0 Å². The number of rotatable bonds is 5. The molecule has 0 fully saturated rings. The van der Waals surface area contributed by atoms with Crippen LogP contribution in [0.1, 0.15) is 20.8 Å². The molecular weight excluding hydrogens is 176 g/mol. The van der Waals surface area contributed by atoms with Crippen LogP contribution in [0.25, 0.3) is 0 Å². The first kappa shape index (κ1) is 11.8. The predicted molar refractivity (Wildman–Crippen MR) is 43.8 cm³/mol. The molecule has 0 aromatic heterocycles. The summed E-state index contributed by atoms with van der Waals surface area (Å²) in [5.41, 5.74) is 0. The lowest BCUT2D eigenvalue weighted by atomic mass is 10.4. The molecule has 0 heterocycles. The molecule has 0 aromatic carbocycles. The summed E-state index contributed by atoms with van der Waals surface area (Å²) < 4.78 is 9.11. The number of hydrogen-bond acceptors (Lipinski definition) is 5. The monoisotopic (exact) mass is 190 g/mol. The van der Waals surface area contributed by atoms with Crippen molar-refractivity contribution in [2.75, 3.05) is 13.5 Å². The van der Waals surface area contributed by atoms with E-state index in [2.05, 4.69) is 14.6 Å². The van der Waals surface area contributed by atoms with Crippen LogP contribution in [-0.2, 0) is 14.3 Å². The van der Waals surface area contributed by atoms with Crippen molar-refractivity contribution in [2.45, 2.75) is 26.8 Å². The van der Waals surface area contributed by atoms with E-state index in [1.54, 1.807) is 13.8 Å². The lowest BCUT2D eigenvalue weighted by Gasteiger charge is -2.03. The number of ether oxygens (including phenoxy) is 2. The zero-order chi connectivity index (χ0) is 10.3. The topological polar surface area (TPSA) is 74.0 Å².